The molecule has 0 spiro atoms. The van der Waals surface area contributed by atoms with Gasteiger partial charge in [0.15, 0.2) is 0 Å². The van der Waals surface area contributed by atoms with Crippen molar-refractivity contribution in [2.24, 2.45) is 62.6 Å². The Labute approximate surface area is 242 Å². The van der Waals surface area contributed by atoms with Gasteiger partial charge >= 0.3 is 11.9 Å². The summed E-state index contributed by atoms with van der Waals surface area (Å²) in [6, 6.07) is 1.79. The van der Waals surface area contributed by atoms with Crippen molar-refractivity contribution in [2.45, 2.75) is 125 Å². The van der Waals surface area contributed by atoms with Gasteiger partial charge in [0.05, 0.1) is 0 Å². The average Bonchev–Trinajstić information content (AvgIpc) is 2.88. The van der Waals surface area contributed by atoms with Gasteiger partial charge in [0, 0.05) is 5.41 Å². The van der Waals surface area contributed by atoms with Crippen molar-refractivity contribution < 1.29 is 19.4 Å². The molecule has 0 amide bonds. The Hall–Kier alpha value is -1.83. The molecular weight excluding hydrogens is 498 g/mol. The zero-order chi connectivity index (χ0) is 29.7. The summed E-state index contributed by atoms with van der Waals surface area (Å²) in [5.41, 5.74) is -2.38. The van der Waals surface area contributed by atoms with Crippen molar-refractivity contribution in [3.05, 3.63) is 12.2 Å². The summed E-state index contributed by atoms with van der Waals surface area (Å²) in [4.78, 5) is 26.6. The maximum Gasteiger partial charge on any atom is 0.349 e. The standard InChI is InChI=1S/C35H53NO4/c1-21-12-14-31(6)17-18-32(7)24(27(31)23(21)3)10-11-26-33(32,8)15-13-25-30(4,5)16-19-35(29(38)39,34(25,26)9)40-28(37)22(2)20-36/h21,23-27H,2,10-19H2,1,3-9H3,(H,38,39)/t21-,23+,24-,25+,26+,27+,31-,32-,33-,34+,35?/m1/s1. The van der Waals surface area contributed by atoms with Crippen LogP contribution in [0.3, 0.4) is 0 Å². The summed E-state index contributed by atoms with van der Waals surface area (Å²) in [7, 11) is 0. The molecule has 5 rings (SSSR count). The zero-order valence-electron chi connectivity index (χ0n) is 26.4. The molecule has 0 aliphatic heterocycles. The van der Waals surface area contributed by atoms with Gasteiger partial charge in [-0.05, 0) is 121 Å². The largest absolute Gasteiger partial charge is 0.478 e. The van der Waals surface area contributed by atoms with E-state index in [4.69, 9.17) is 4.74 Å². The Morgan fingerprint density at radius 3 is 2.15 bits per heavy atom. The number of esters is 1. The fourth-order valence-corrected chi connectivity index (χ4v) is 12.4. The molecule has 5 saturated carbocycles. The molecule has 11 atom stereocenters. The van der Waals surface area contributed by atoms with Crippen LogP contribution in [-0.2, 0) is 14.3 Å². The van der Waals surface area contributed by atoms with Crippen molar-refractivity contribution in [1.82, 2.24) is 0 Å². The van der Waals surface area contributed by atoms with E-state index in [-0.39, 0.29) is 40.1 Å². The predicted octanol–water partition coefficient (Wildman–Crippen LogP) is 8.19. The van der Waals surface area contributed by atoms with Crippen molar-refractivity contribution >= 4 is 11.9 Å². The third-order valence-corrected chi connectivity index (χ3v) is 15.1. The first-order valence-corrected chi connectivity index (χ1v) is 16.0. The predicted molar refractivity (Wildman–Crippen MR) is 156 cm³/mol. The van der Waals surface area contributed by atoms with E-state index >= 15 is 0 Å². The number of ether oxygens (including phenoxy) is 1. The summed E-state index contributed by atoms with van der Waals surface area (Å²) >= 11 is 0. The Balaban J connectivity index is 1.64. The molecule has 0 heterocycles. The van der Waals surface area contributed by atoms with E-state index in [0.29, 0.717) is 29.6 Å². The van der Waals surface area contributed by atoms with Crippen LogP contribution in [0.1, 0.15) is 120 Å². The van der Waals surface area contributed by atoms with Gasteiger partial charge in [0.2, 0.25) is 5.60 Å². The molecule has 0 saturated heterocycles. The number of fused-ring (bicyclic) bond motifs is 7. The van der Waals surface area contributed by atoms with Gasteiger partial charge in [-0.1, -0.05) is 62.0 Å². The molecule has 5 aliphatic carbocycles. The number of hydrogen-bond acceptors (Lipinski definition) is 4. The fraction of sp³-hybridized carbons (Fsp3) is 0.857. The second-order valence-corrected chi connectivity index (χ2v) is 16.6. The molecule has 0 bridgehead atoms. The summed E-state index contributed by atoms with van der Waals surface area (Å²) in [6.45, 7) is 22.8. The van der Waals surface area contributed by atoms with Crippen LogP contribution >= 0.6 is 0 Å². The summed E-state index contributed by atoms with van der Waals surface area (Å²) in [6.07, 6.45) is 10.2. The van der Waals surface area contributed by atoms with Crippen LogP contribution in [0.2, 0.25) is 0 Å². The highest BCUT2D eigenvalue weighted by molar-refractivity contribution is 5.94. The topological polar surface area (TPSA) is 87.4 Å². The third-order valence-electron chi connectivity index (χ3n) is 15.1. The normalized spacial score (nSPS) is 51.1. The Kier molecular flexibility index (Phi) is 6.73. The molecule has 40 heavy (non-hydrogen) atoms. The van der Waals surface area contributed by atoms with Gasteiger partial charge in [-0.25, -0.2) is 9.59 Å². The number of rotatable bonds is 3. The number of hydrogen-bond donors (Lipinski definition) is 1. The highest BCUT2D eigenvalue weighted by Crippen LogP contribution is 2.78. The molecule has 5 heteroatoms. The molecule has 5 nitrogen and oxygen atoms in total. The van der Waals surface area contributed by atoms with Crippen LogP contribution in [0.15, 0.2) is 12.2 Å². The number of carbonyl (C=O) groups is 2. The summed E-state index contributed by atoms with van der Waals surface area (Å²) in [5.74, 6) is 1.04. The van der Waals surface area contributed by atoms with Gasteiger partial charge in [-0.2, -0.15) is 5.26 Å². The molecule has 0 radical (unpaired) electrons. The summed E-state index contributed by atoms with van der Waals surface area (Å²) in [5, 5.41) is 20.4. The molecule has 0 aromatic heterocycles. The van der Waals surface area contributed by atoms with Crippen molar-refractivity contribution in [1.29, 1.82) is 5.26 Å². The lowest BCUT2D eigenvalue weighted by atomic mass is 9.30. The number of aliphatic carboxylic acids is 1. The van der Waals surface area contributed by atoms with Gasteiger partial charge in [0.1, 0.15) is 11.6 Å². The number of carboxylic acid groups (broad SMARTS) is 1. The van der Waals surface area contributed by atoms with Crippen LogP contribution in [0.4, 0.5) is 0 Å². The molecular formula is C35H53NO4. The molecule has 1 N–H and O–H groups in total. The molecule has 5 aliphatic rings. The number of carbonyl (C=O) groups excluding carboxylic acids is 1. The quantitative estimate of drug-likeness (QED) is 0.217. The van der Waals surface area contributed by atoms with Gasteiger partial charge in [0.25, 0.3) is 0 Å². The van der Waals surface area contributed by atoms with E-state index in [2.05, 4.69) is 62.0 Å². The first-order valence-electron chi connectivity index (χ1n) is 16.0. The van der Waals surface area contributed by atoms with Crippen LogP contribution < -0.4 is 0 Å². The third kappa shape index (κ3) is 3.56. The van der Waals surface area contributed by atoms with Gasteiger partial charge < -0.3 is 9.84 Å². The van der Waals surface area contributed by atoms with Crippen LogP contribution in [0, 0.1) is 73.9 Å². The van der Waals surface area contributed by atoms with Crippen molar-refractivity contribution in [2.75, 3.05) is 0 Å². The lowest BCUT2D eigenvalue weighted by molar-refractivity contribution is -0.293. The average molecular weight is 552 g/mol. The Bertz CT molecular complexity index is 1150. The first-order chi connectivity index (χ1) is 18.4. The zero-order valence-corrected chi connectivity index (χ0v) is 26.4. The van der Waals surface area contributed by atoms with E-state index in [1.54, 1.807) is 6.07 Å². The minimum absolute atomic E-state index is 0.0599. The smallest absolute Gasteiger partial charge is 0.349 e. The lowest BCUT2D eigenvalue weighted by Crippen LogP contribution is -2.74. The maximum atomic E-state index is 13.5. The molecule has 0 aromatic rings. The molecule has 1 unspecified atom stereocenters. The minimum Gasteiger partial charge on any atom is -0.478 e. The lowest BCUT2D eigenvalue weighted by Gasteiger charge is -2.75. The fourth-order valence-electron chi connectivity index (χ4n) is 12.4. The summed E-state index contributed by atoms with van der Waals surface area (Å²) < 4.78 is 6.09. The van der Waals surface area contributed by atoms with Gasteiger partial charge in [-0.3, -0.25) is 0 Å². The number of carboxylic acids is 1. The van der Waals surface area contributed by atoms with E-state index in [1.165, 1.54) is 25.7 Å². The van der Waals surface area contributed by atoms with E-state index in [0.717, 1.165) is 31.6 Å². The maximum absolute atomic E-state index is 13.5. The number of nitriles is 1. The van der Waals surface area contributed by atoms with Crippen LogP contribution in [-0.4, -0.2) is 22.6 Å². The Morgan fingerprint density at radius 2 is 1.52 bits per heavy atom. The van der Waals surface area contributed by atoms with Crippen molar-refractivity contribution in [3.8, 4) is 6.07 Å². The second-order valence-electron chi connectivity index (χ2n) is 16.6. The molecule has 222 valence electrons. The number of nitrogens with zero attached hydrogens (tertiary/aromatic N) is 1. The minimum atomic E-state index is -1.67. The van der Waals surface area contributed by atoms with E-state index in [9.17, 15) is 20.0 Å². The van der Waals surface area contributed by atoms with E-state index < -0.39 is 23.0 Å². The van der Waals surface area contributed by atoms with Crippen molar-refractivity contribution in [3.63, 3.8) is 0 Å². The highest BCUT2D eigenvalue weighted by atomic mass is 16.6. The SMILES string of the molecule is C=C(C#N)C(=O)OC1(C(=O)O)CCC(C)(C)[C@@H]2CC[C@]3(C)[C@H](CC[C@@H]4[C@@H]5[C@@H](C)[C@H](C)CC[C@]5(C)CC[C@]43C)[C@]21C. The van der Waals surface area contributed by atoms with E-state index in [1.807, 2.05) is 0 Å². The second kappa shape index (κ2) is 9.08. The van der Waals surface area contributed by atoms with Gasteiger partial charge in [-0.15, -0.1) is 0 Å². The monoisotopic (exact) mass is 551 g/mol. The Morgan fingerprint density at radius 1 is 0.850 bits per heavy atom. The first kappa shape index (κ1) is 29.7. The highest BCUT2D eigenvalue weighted by Gasteiger charge is 2.76. The molecule has 0 aromatic carbocycles. The van der Waals surface area contributed by atoms with Crippen LogP contribution in [0.5, 0.6) is 0 Å². The molecule has 5 fully saturated rings. The van der Waals surface area contributed by atoms with Crippen LogP contribution in [0.25, 0.3) is 0 Å².